The maximum atomic E-state index is 13.0. The Kier molecular flexibility index (Phi) is 5.63. The number of carboxylic acids is 1. The van der Waals surface area contributed by atoms with Gasteiger partial charge in [0.15, 0.2) is 0 Å². The number of benzene rings is 2. The summed E-state index contributed by atoms with van der Waals surface area (Å²) in [6.45, 7) is 0.491. The summed E-state index contributed by atoms with van der Waals surface area (Å²) >= 11 is 1.56. The quantitative estimate of drug-likeness (QED) is 0.618. The van der Waals surface area contributed by atoms with Crippen LogP contribution in [0.25, 0.3) is 0 Å². The monoisotopic (exact) mass is 306 g/mol. The molecule has 0 unspecified atom stereocenters. The van der Waals surface area contributed by atoms with Crippen LogP contribution >= 0.6 is 11.8 Å². The van der Waals surface area contributed by atoms with Crippen LogP contribution in [0.4, 0.5) is 4.39 Å². The molecule has 5 heteroatoms. The highest BCUT2D eigenvalue weighted by atomic mass is 32.2. The molecule has 0 aliphatic carbocycles. The van der Waals surface area contributed by atoms with Crippen molar-refractivity contribution in [3.05, 3.63) is 59.9 Å². The lowest BCUT2D eigenvalue weighted by Gasteiger charge is -2.07. The Balaban J connectivity index is 1.72. The molecule has 0 fully saturated rings. The highest BCUT2D eigenvalue weighted by Crippen LogP contribution is 2.20. The Hall–Kier alpha value is -2.01. The summed E-state index contributed by atoms with van der Waals surface area (Å²) < 4.78 is 18.5. The fourth-order valence-electron chi connectivity index (χ4n) is 1.71. The molecule has 110 valence electrons. The molecule has 0 radical (unpaired) electrons. The summed E-state index contributed by atoms with van der Waals surface area (Å²) in [6.07, 6.45) is 0.790. The molecule has 3 nitrogen and oxygen atoms in total. The van der Waals surface area contributed by atoms with Crippen LogP contribution in [-0.2, 0) is 0 Å². The number of aromatic carboxylic acids is 1. The molecular formula is C16H15FO3S. The van der Waals surface area contributed by atoms with Gasteiger partial charge in [0.1, 0.15) is 11.6 Å². The van der Waals surface area contributed by atoms with Crippen LogP contribution in [0.1, 0.15) is 16.8 Å². The van der Waals surface area contributed by atoms with Crippen molar-refractivity contribution in [2.24, 2.45) is 0 Å². The van der Waals surface area contributed by atoms with Gasteiger partial charge in [0.25, 0.3) is 0 Å². The van der Waals surface area contributed by atoms with Crippen LogP contribution in [0.2, 0.25) is 0 Å². The third-order valence-corrected chi connectivity index (χ3v) is 3.78. The van der Waals surface area contributed by atoms with Gasteiger partial charge in [0.05, 0.1) is 12.2 Å². The number of carbonyl (C=O) groups is 1. The topological polar surface area (TPSA) is 46.5 Å². The molecule has 0 aliphatic heterocycles. The lowest BCUT2D eigenvalue weighted by Crippen LogP contribution is -2.01. The summed E-state index contributed by atoms with van der Waals surface area (Å²) in [5.41, 5.74) is 0.210. The van der Waals surface area contributed by atoms with Gasteiger partial charge in [0.2, 0.25) is 0 Å². The highest BCUT2D eigenvalue weighted by molar-refractivity contribution is 7.99. The number of rotatable bonds is 7. The van der Waals surface area contributed by atoms with E-state index in [1.54, 1.807) is 30.0 Å². The van der Waals surface area contributed by atoms with Crippen molar-refractivity contribution < 1.29 is 19.0 Å². The Morgan fingerprint density at radius 2 is 2.00 bits per heavy atom. The first-order valence-corrected chi connectivity index (χ1v) is 7.48. The Bertz CT molecular complexity index is 616. The molecule has 1 N–H and O–H groups in total. The Labute approximate surface area is 126 Å². The minimum absolute atomic E-state index is 0.210. The molecular weight excluding hydrogens is 291 g/mol. The SMILES string of the molecule is O=C(O)c1cccc(OCCCSc2cccc(F)c2)c1. The van der Waals surface area contributed by atoms with Gasteiger partial charge in [0, 0.05) is 10.6 Å². The van der Waals surface area contributed by atoms with Crippen LogP contribution in [0.5, 0.6) is 5.75 Å². The molecule has 0 spiro atoms. The molecule has 2 aromatic carbocycles. The van der Waals surface area contributed by atoms with E-state index in [0.717, 1.165) is 17.1 Å². The molecule has 2 aromatic rings. The number of ether oxygens (including phenoxy) is 1. The molecule has 0 bridgehead atoms. The van der Waals surface area contributed by atoms with Crippen molar-refractivity contribution in [1.29, 1.82) is 0 Å². The van der Waals surface area contributed by atoms with Crippen LogP contribution in [-0.4, -0.2) is 23.4 Å². The van der Waals surface area contributed by atoms with Crippen molar-refractivity contribution in [3.63, 3.8) is 0 Å². The van der Waals surface area contributed by atoms with Gasteiger partial charge in [-0.1, -0.05) is 12.1 Å². The van der Waals surface area contributed by atoms with Crippen LogP contribution in [0.15, 0.2) is 53.4 Å². The molecule has 0 saturated carbocycles. The summed E-state index contributed by atoms with van der Waals surface area (Å²) in [4.78, 5) is 11.7. The zero-order valence-corrected chi connectivity index (χ0v) is 12.1. The highest BCUT2D eigenvalue weighted by Gasteiger charge is 2.03. The largest absolute Gasteiger partial charge is 0.494 e. The van der Waals surface area contributed by atoms with Gasteiger partial charge >= 0.3 is 5.97 Å². The normalized spacial score (nSPS) is 10.3. The second-order valence-corrected chi connectivity index (χ2v) is 5.51. The summed E-state index contributed by atoms with van der Waals surface area (Å²) in [5.74, 6) is 0.150. The zero-order chi connectivity index (χ0) is 15.1. The third kappa shape index (κ3) is 5.11. The number of thioether (sulfide) groups is 1. The Morgan fingerprint density at radius 3 is 2.76 bits per heavy atom. The predicted octanol–water partition coefficient (Wildman–Crippen LogP) is 4.09. The molecule has 0 heterocycles. The Morgan fingerprint density at radius 1 is 1.19 bits per heavy atom. The van der Waals surface area contributed by atoms with Crippen molar-refractivity contribution in [3.8, 4) is 5.75 Å². The van der Waals surface area contributed by atoms with Gasteiger partial charge in [-0.15, -0.1) is 11.8 Å². The van der Waals surface area contributed by atoms with Crippen LogP contribution in [0, 0.1) is 5.82 Å². The summed E-state index contributed by atoms with van der Waals surface area (Å²) in [5, 5.41) is 8.88. The van der Waals surface area contributed by atoms with Crippen molar-refractivity contribution >= 4 is 17.7 Å². The first-order chi connectivity index (χ1) is 10.1. The lowest BCUT2D eigenvalue weighted by molar-refractivity contribution is 0.0696. The zero-order valence-electron chi connectivity index (χ0n) is 11.3. The molecule has 0 amide bonds. The van der Waals surface area contributed by atoms with Gasteiger partial charge in [-0.05, 0) is 42.8 Å². The van der Waals surface area contributed by atoms with Gasteiger partial charge < -0.3 is 9.84 Å². The van der Waals surface area contributed by atoms with E-state index in [9.17, 15) is 9.18 Å². The van der Waals surface area contributed by atoms with Crippen LogP contribution in [0.3, 0.4) is 0 Å². The fraction of sp³-hybridized carbons (Fsp3) is 0.188. The first-order valence-electron chi connectivity index (χ1n) is 6.50. The minimum atomic E-state index is -0.970. The number of halogens is 1. The van der Waals surface area contributed by atoms with Crippen LogP contribution < -0.4 is 4.74 Å². The van der Waals surface area contributed by atoms with E-state index in [4.69, 9.17) is 9.84 Å². The van der Waals surface area contributed by atoms with E-state index >= 15 is 0 Å². The third-order valence-electron chi connectivity index (χ3n) is 2.70. The van der Waals surface area contributed by atoms with E-state index in [1.807, 2.05) is 6.07 Å². The molecule has 0 aromatic heterocycles. The van der Waals surface area contributed by atoms with Gasteiger partial charge in [-0.25, -0.2) is 9.18 Å². The van der Waals surface area contributed by atoms with Crippen molar-refractivity contribution in [1.82, 2.24) is 0 Å². The number of hydrogen-bond donors (Lipinski definition) is 1. The minimum Gasteiger partial charge on any atom is -0.494 e. The molecule has 0 aliphatic rings. The smallest absolute Gasteiger partial charge is 0.335 e. The number of hydrogen-bond acceptors (Lipinski definition) is 3. The first kappa shape index (κ1) is 15.4. The molecule has 2 rings (SSSR count). The van der Waals surface area contributed by atoms with Crippen molar-refractivity contribution in [2.75, 3.05) is 12.4 Å². The average molecular weight is 306 g/mol. The second kappa shape index (κ2) is 7.69. The molecule has 0 atom stereocenters. The predicted molar refractivity (Wildman–Crippen MR) is 80.6 cm³/mol. The number of carboxylic acid groups (broad SMARTS) is 1. The standard InChI is InChI=1S/C16H15FO3S/c17-13-5-2-7-15(11-13)21-9-3-8-20-14-6-1-4-12(10-14)16(18)19/h1-2,4-7,10-11H,3,8-9H2,(H,18,19). The lowest BCUT2D eigenvalue weighted by atomic mass is 10.2. The van der Waals surface area contributed by atoms with E-state index < -0.39 is 5.97 Å². The van der Waals surface area contributed by atoms with Gasteiger partial charge in [-0.2, -0.15) is 0 Å². The summed E-state index contributed by atoms with van der Waals surface area (Å²) in [7, 11) is 0. The van der Waals surface area contributed by atoms with Crippen molar-refractivity contribution in [2.45, 2.75) is 11.3 Å². The maximum Gasteiger partial charge on any atom is 0.335 e. The second-order valence-electron chi connectivity index (χ2n) is 4.34. The maximum absolute atomic E-state index is 13.0. The fourth-order valence-corrected chi connectivity index (χ4v) is 2.58. The molecule has 21 heavy (non-hydrogen) atoms. The van der Waals surface area contributed by atoms with E-state index in [-0.39, 0.29) is 11.4 Å². The van der Waals surface area contributed by atoms with E-state index in [1.165, 1.54) is 24.3 Å². The molecule has 0 saturated heterocycles. The average Bonchev–Trinajstić information content (AvgIpc) is 2.47. The van der Waals surface area contributed by atoms with Gasteiger partial charge in [-0.3, -0.25) is 0 Å². The van der Waals surface area contributed by atoms with E-state index in [2.05, 4.69) is 0 Å². The van der Waals surface area contributed by atoms with E-state index in [0.29, 0.717) is 12.4 Å². The summed E-state index contributed by atoms with van der Waals surface area (Å²) in [6, 6.07) is 12.9.